The van der Waals surface area contributed by atoms with Gasteiger partial charge in [0, 0.05) is 25.3 Å². The molecule has 5 nitrogen and oxygen atoms in total. The first-order valence-corrected chi connectivity index (χ1v) is 7.15. The summed E-state index contributed by atoms with van der Waals surface area (Å²) in [6, 6.07) is 5.82. The molecule has 1 heterocycles. The Labute approximate surface area is 119 Å². The van der Waals surface area contributed by atoms with Crippen molar-refractivity contribution in [3.8, 4) is 11.5 Å². The first-order valence-electron chi connectivity index (χ1n) is 7.15. The number of fused-ring (bicyclic) bond motifs is 1. The minimum atomic E-state index is -0.485. The van der Waals surface area contributed by atoms with Crippen LogP contribution in [0.1, 0.15) is 25.3 Å². The molecule has 0 spiro atoms. The smallest absolute Gasteiger partial charge is 0.231 e. The molecule has 1 aromatic rings. The van der Waals surface area contributed by atoms with Crippen molar-refractivity contribution in [3.05, 3.63) is 23.8 Å². The van der Waals surface area contributed by atoms with Gasteiger partial charge in [-0.2, -0.15) is 0 Å². The minimum Gasteiger partial charge on any atom is -0.454 e. The number of nitrogens with one attached hydrogen (secondary N) is 1. The molecule has 1 aliphatic heterocycles. The van der Waals surface area contributed by atoms with Crippen molar-refractivity contribution in [2.75, 3.05) is 26.6 Å². The molecule has 1 atom stereocenters. The van der Waals surface area contributed by atoms with Gasteiger partial charge in [-0.15, -0.1) is 0 Å². The molecule has 20 heavy (non-hydrogen) atoms. The summed E-state index contributed by atoms with van der Waals surface area (Å²) in [5.74, 6) is 1.58. The van der Waals surface area contributed by atoms with Gasteiger partial charge < -0.3 is 24.6 Å². The molecule has 1 aliphatic rings. The van der Waals surface area contributed by atoms with Gasteiger partial charge in [-0.25, -0.2) is 0 Å². The zero-order valence-electron chi connectivity index (χ0n) is 11.9. The average Bonchev–Trinajstić information content (AvgIpc) is 2.93. The van der Waals surface area contributed by atoms with E-state index in [9.17, 15) is 5.11 Å². The summed E-state index contributed by atoms with van der Waals surface area (Å²) >= 11 is 0. The second kappa shape index (κ2) is 8.09. The van der Waals surface area contributed by atoms with Crippen LogP contribution in [0.3, 0.4) is 0 Å². The van der Waals surface area contributed by atoms with Crippen LogP contribution in [0.5, 0.6) is 11.5 Å². The zero-order chi connectivity index (χ0) is 14.2. The number of aliphatic hydroxyl groups excluding tert-OH is 1. The molecule has 0 aliphatic carbocycles. The molecule has 0 fully saturated rings. The van der Waals surface area contributed by atoms with E-state index < -0.39 is 6.10 Å². The van der Waals surface area contributed by atoms with Gasteiger partial charge in [0.05, 0.1) is 12.7 Å². The molecule has 2 rings (SSSR count). The van der Waals surface area contributed by atoms with Crippen molar-refractivity contribution in [1.82, 2.24) is 5.32 Å². The summed E-state index contributed by atoms with van der Waals surface area (Å²) in [6.07, 6.45) is 1.66. The highest BCUT2D eigenvalue weighted by Crippen LogP contribution is 2.35. The van der Waals surface area contributed by atoms with E-state index in [-0.39, 0.29) is 6.79 Å². The first-order chi connectivity index (χ1) is 9.81. The predicted octanol–water partition coefficient (Wildman–Crippen LogP) is 1.68. The summed E-state index contributed by atoms with van der Waals surface area (Å²) in [5.41, 5.74) is 1.04. The van der Waals surface area contributed by atoms with E-state index in [4.69, 9.17) is 14.2 Å². The maximum atomic E-state index is 9.78. The SMILES string of the molecule is CCCCOCC(O)CNCc1cccc2c1OCO2. The van der Waals surface area contributed by atoms with Gasteiger partial charge >= 0.3 is 0 Å². The second-order valence-corrected chi connectivity index (χ2v) is 4.86. The van der Waals surface area contributed by atoms with E-state index in [1.165, 1.54) is 0 Å². The molecule has 5 heteroatoms. The monoisotopic (exact) mass is 281 g/mol. The molecule has 1 unspecified atom stereocenters. The van der Waals surface area contributed by atoms with Crippen molar-refractivity contribution in [2.24, 2.45) is 0 Å². The maximum absolute atomic E-state index is 9.78. The first kappa shape index (κ1) is 15.1. The Morgan fingerprint density at radius 1 is 1.40 bits per heavy atom. The van der Waals surface area contributed by atoms with Crippen molar-refractivity contribution in [1.29, 1.82) is 0 Å². The Kier molecular flexibility index (Phi) is 6.11. The van der Waals surface area contributed by atoms with Crippen LogP contribution in [-0.4, -0.2) is 37.8 Å². The van der Waals surface area contributed by atoms with Crippen LogP contribution in [-0.2, 0) is 11.3 Å². The number of unbranched alkanes of at least 4 members (excludes halogenated alkanes) is 1. The number of hydrogen-bond donors (Lipinski definition) is 2. The number of hydrogen-bond acceptors (Lipinski definition) is 5. The summed E-state index contributed by atoms with van der Waals surface area (Å²) < 4.78 is 16.1. The van der Waals surface area contributed by atoms with Gasteiger partial charge in [0.15, 0.2) is 11.5 Å². The van der Waals surface area contributed by atoms with Crippen molar-refractivity contribution in [2.45, 2.75) is 32.4 Å². The molecule has 0 saturated carbocycles. The van der Waals surface area contributed by atoms with Crippen molar-refractivity contribution >= 4 is 0 Å². The van der Waals surface area contributed by atoms with Crippen LogP contribution >= 0.6 is 0 Å². The lowest BCUT2D eigenvalue weighted by Gasteiger charge is -2.13. The van der Waals surface area contributed by atoms with Gasteiger partial charge in [-0.1, -0.05) is 25.5 Å². The number of ether oxygens (including phenoxy) is 3. The van der Waals surface area contributed by atoms with Gasteiger partial charge in [-0.05, 0) is 12.5 Å². The topological polar surface area (TPSA) is 60.0 Å². The number of para-hydroxylation sites is 1. The average molecular weight is 281 g/mol. The lowest BCUT2D eigenvalue weighted by atomic mass is 10.2. The Morgan fingerprint density at radius 2 is 2.30 bits per heavy atom. The largest absolute Gasteiger partial charge is 0.454 e. The fourth-order valence-electron chi connectivity index (χ4n) is 2.03. The summed E-state index contributed by atoms with van der Waals surface area (Å²) in [5, 5.41) is 13.0. The molecular formula is C15H23NO4. The predicted molar refractivity (Wildman–Crippen MR) is 76.0 cm³/mol. The summed E-state index contributed by atoms with van der Waals surface area (Å²) in [7, 11) is 0. The third-order valence-corrected chi connectivity index (χ3v) is 3.13. The fraction of sp³-hybridized carbons (Fsp3) is 0.600. The van der Waals surface area contributed by atoms with Crippen LogP contribution in [0, 0.1) is 0 Å². The molecule has 0 bridgehead atoms. The fourth-order valence-corrected chi connectivity index (χ4v) is 2.03. The number of rotatable bonds is 9. The molecule has 1 aromatic carbocycles. The van der Waals surface area contributed by atoms with Gasteiger partial charge in [0.25, 0.3) is 0 Å². The Morgan fingerprint density at radius 3 is 3.15 bits per heavy atom. The molecule has 0 radical (unpaired) electrons. The number of benzene rings is 1. The standard InChI is InChI=1S/C15H23NO4/c1-2-3-7-18-10-13(17)9-16-8-12-5-4-6-14-15(12)20-11-19-14/h4-6,13,16-17H,2-3,7-11H2,1H3. The lowest BCUT2D eigenvalue weighted by Crippen LogP contribution is -2.30. The van der Waals surface area contributed by atoms with Gasteiger partial charge in [0.2, 0.25) is 6.79 Å². The van der Waals surface area contributed by atoms with E-state index in [0.29, 0.717) is 26.3 Å². The normalized spacial score (nSPS) is 14.5. The molecule has 2 N–H and O–H groups in total. The lowest BCUT2D eigenvalue weighted by molar-refractivity contribution is 0.0357. The van der Waals surface area contributed by atoms with E-state index in [2.05, 4.69) is 12.2 Å². The Hall–Kier alpha value is -1.30. The zero-order valence-corrected chi connectivity index (χ0v) is 11.9. The molecule has 112 valence electrons. The summed E-state index contributed by atoms with van der Waals surface area (Å²) in [6.45, 7) is 4.62. The van der Waals surface area contributed by atoms with Gasteiger partial charge in [0.1, 0.15) is 0 Å². The Bertz CT molecular complexity index is 411. The Balaban J connectivity index is 1.67. The quantitative estimate of drug-likeness (QED) is 0.674. The van der Waals surface area contributed by atoms with Gasteiger partial charge in [-0.3, -0.25) is 0 Å². The molecular weight excluding hydrogens is 258 g/mol. The van der Waals surface area contributed by atoms with Crippen molar-refractivity contribution < 1.29 is 19.3 Å². The summed E-state index contributed by atoms with van der Waals surface area (Å²) in [4.78, 5) is 0. The number of aliphatic hydroxyl groups is 1. The van der Waals surface area contributed by atoms with E-state index >= 15 is 0 Å². The second-order valence-electron chi connectivity index (χ2n) is 4.86. The van der Waals surface area contributed by atoms with Crippen LogP contribution < -0.4 is 14.8 Å². The molecule has 0 amide bonds. The van der Waals surface area contributed by atoms with E-state index in [1.807, 2.05) is 18.2 Å². The van der Waals surface area contributed by atoms with Crippen LogP contribution in [0.15, 0.2) is 18.2 Å². The van der Waals surface area contributed by atoms with Crippen LogP contribution in [0.4, 0.5) is 0 Å². The van der Waals surface area contributed by atoms with Crippen molar-refractivity contribution in [3.63, 3.8) is 0 Å². The van der Waals surface area contributed by atoms with Crippen LogP contribution in [0.2, 0.25) is 0 Å². The third kappa shape index (κ3) is 4.37. The maximum Gasteiger partial charge on any atom is 0.231 e. The highest BCUT2D eigenvalue weighted by Gasteiger charge is 2.16. The minimum absolute atomic E-state index is 0.278. The van der Waals surface area contributed by atoms with E-state index in [0.717, 1.165) is 29.9 Å². The highest BCUT2D eigenvalue weighted by molar-refractivity contribution is 5.48. The molecule has 0 aromatic heterocycles. The third-order valence-electron chi connectivity index (χ3n) is 3.13. The van der Waals surface area contributed by atoms with E-state index in [1.54, 1.807) is 0 Å². The highest BCUT2D eigenvalue weighted by atomic mass is 16.7. The molecule has 0 saturated heterocycles. The van der Waals surface area contributed by atoms with Crippen LogP contribution in [0.25, 0.3) is 0 Å².